The van der Waals surface area contributed by atoms with Gasteiger partial charge in [0.15, 0.2) is 5.65 Å². The number of amides is 1. The van der Waals surface area contributed by atoms with Crippen LogP contribution in [0.1, 0.15) is 52.5 Å². The lowest BCUT2D eigenvalue weighted by atomic mass is 10.1. The number of hydrogen-bond donors (Lipinski definition) is 1. The van der Waals surface area contributed by atoms with Crippen molar-refractivity contribution in [2.45, 2.75) is 52.6 Å². The Balaban J connectivity index is 1.39. The molecule has 1 aromatic carbocycles. The Kier molecular flexibility index (Phi) is 5.02. The van der Waals surface area contributed by atoms with Gasteiger partial charge in [0.1, 0.15) is 17.2 Å². The summed E-state index contributed by atoms with van der Waals surface area (Å²) in [6.07, 6.45) is 8.18. The molecule has 158 valence electrons. The van der Waals surface area contributed by atoms with Crippen molar-refractivity contribution in [3.05, 3.63) is 71.2 Å². The summed E-state index contributed by atoms with van der Waals surface area (Å²) in [5.41, 5.74) is 4.86. The van der Waals surface area contributed by atoms with E-state index in [1.165, 1.54) is 6.42 Å². The van der Waals surface area contributed by atoms with Crippen molar-refractivity contribution in [3.63, 3.8) is 0 Å². The van der Waals surface area contributed by atoms with Gasteiger partial charge in [0.2, 0.25) is 0 Å². The minimum atomic E-state index is -0.151. The number of aromatic nitrogens is 5. The summed E-state index contributed by atoms with van der Waals surface area (Å²) < 4.78 is 4.28. The molecule has 0 atom stereocenters. The predicted molar refractivity (Wildman–Crippen MR) is 120 cm³/mol. The summed E-state index contributed by atoms with van der Waals surface area (Å²) in [7, 11) is 0. The van der Waals surface area contributed by atoms with Crippen LogP contribution in [0.2, 0.25) is 0 Å². The lowest BCUT2D eigenvalue weighted by Gasteiger charge is -2.09. The smallest absolute Gasteiger partial charge is 0.258 e. The van der Waals surface area contributed by atoms with E-state index in [9.17, 15) is 4.79 Å². The molecule has 7 heteroatoms. The van der Waals surface area contributed by atoms with E-state index in [1.54, 1.807) is 6.20 Å². The first-order valence-electron chi connectivity index (χ1n) is 10.8. The molecule has 0 saturated carbocycles. The first-order chi connectivity index (χ1) is 15.1. The fraction of sp³-hybridized carbons (Fsp3) is 0.333. The zero-order valence-electron chi connectivity index (χ0n) is 17.9. The molecule has 31 heavy (non-hydrogen) atoms. The molecular weight excluding hydrogens is 388 g/mol. The third-order valence-electron chi connectivity index (χ3n) is 5.93. The lowest BCUT2D eigenvalue weighted by Crippen LogP contribution is -2.13. The van der Waals surface area contributed by atoms with Crippen LogP contribution < -0.4 is 5.32 Å². The summed E-state index contributed by atoms with van der Waals surface area (Å²) in [5, 5.41) is 3.03. The van der Waals surface area contributed by atoms with Gasteiger partial charge in [0.05, 0.1) is 5.56 Å². The van der Waals surface area contributed by atoms with Gasteiger partial charge in [-0.2, -0.15) is 0 Å². The minimum Gasteiger partial charge on any atom is -0.331 e. The van der Waals surface area contributed by atoms with E-state index < -0.39 is 0 Å². The van der Waals surface area contributed by atoms with Gasteiger partial charge in [0, 0.05) is 43.3 Å². The third kappa shape index (κ3) is 3.83. The Hall–Kier alpha value is -3.48. The Labute approximate surface area is 181 Å². The zero-order chi connectivity index (χ0) is 21.4. The van der Waals surface area contributed by atoms with Crippen molar-refractivity contribution in [3.8, 4) is 0 Å². The van der Waals surface area contributed by atoms with Crippen molar-refractivity contribution in [1.82, 2.24) is 24.1 Å². The number of carbonyl (C=O) groups excluding carboxylic acids is 1. The molecule has 1 N–H and O–H groups in total. The first kappa shape index (κ1) is 19.5. The molecule has 0 aliphatic carbocycles. The monoisotopic (exact) mass is 414 g/mol. The topological polar surface area (TPSA) is 77.6 Å². The maximum Gasteiger partial charge on any atom is 0.258 e. The Morgan fingerprint density at radius 1 is 1.10 bits per heavy atom. The second-order valence-electron chi connectivity index (χ2n) is 8.23. The number of aryl methyl sites for hydroxylation is 4. The molecule has 0 fully saturated rings. The van der Waals surface area contributed by atoms with E-state index in [0.29, 0.717) is 11.1 Å². The third-order valence-corrected chi connectivity index (χ3v) is 5.93. The van der Waals surface area contributed by atoms with Gasteiger partial charge in [-0.1, -0.05) is 18.6 Å². The van der Waals surface area contributed by atoms with Crippen LogP contribution in [0.4, 0.5) is 5.69 Å². The first-order valence-corrected chi connectivity index (χ1v) is 10.8. The number of nitrogens with one attached hydrogen (secondary N) is 1. The Bertz CT molecular complexity index is 1250. The van der Waals surface area contributed by atoms with E-state index in [1.807, 2.05) is 50.4 Å². The number of imidazole rings is 2. The van der Waals surface area contributed by atoms with Crippen molar-refractivity contribution in [2.24, 2.45) is 0 Å². The molecule has 1 aliphatic heterocycles. The summed E-state index contributed by atoms with van der Waals surface area (Å²) >= 11 is 0. The number of carbonyl (C=O) groups is 1. The number of hydrogen-bond acceptors (Lipinski definition) is 4. The normalized spacial score (nSPS) is 13.7. The molecule has 4 heterocycles. The summed E-state index contributed by atoms with van der Waals surface area (Å²) in [6, 6.07) is 9.77. The molecule has 0 unspecified atom stereocenters. The van der Waals surface area contributed by atoms with Crippen LogP contribution in [0.5, 0.6) is 0 Å². The maximum absolute atomic E-state index is 13.1. The molecule has 1 amide bonds. The maximum atomic E-state index is 13.1. The highest BCUT2D eigenvalue weighted by atomic mass is 16.1. The van der Waals surface area contributed by atoms with Crippen LogP contribution in [0.3, 0.4) is 0 Å². The number of pyridine rings is 1. The van der Waals surface area contributed by atoms with E-state index in [4.69, 9.17) is 9.97 Å². The van der Waals surface area contributed by atoms with E-state index in [-0.39, 0.29) is 5.91 Å². The van der Waals surface area contributed by atoms with Crippen LogP contribution in [0.25, 0.3) is 11.2 Å². The number of fused-ring (bicyclic) bond motifs is 3. The second kappa shape index (κ2) is 7.98. The van der Waals surface area contributed by atoms with Crippen LogP contribution >= 0.6 is 0 Å². The van der Waals surface area contributed by atoms with Gasteiger partial charge in [-0.3, -0.25) is 4.79 Å². The largest absolute Gasteiger partial charge is 0.331 e. The van der Waals surface area contributed by atoms with Crippen molar-refractivity contribution < 1.29 is 4.79 Å². The Morgan fingerprint density at radius 2 is 1.94 bits per heavy atom. The highest BCUT2D eigenvalue weighted by molar-refractivity contribution is 6.11. The van der Waals surface area contributed by atoms with Gasteiger partial charge >= 0.3 is 0 Å². The molecular formula is C24H26N6O. The summed E-state index contributed by atoms with van der Waals surface area (Å²) in [4.78, 5) is 26.9. The van der Waals surface area contributed by atoms with Gasteiger partial charge in [-0.25, -0.2) is 15.0 Å². The Morgan fingerprint density at radius 3 is 2.71 bits per heavy atom. The van der Waals surface area contributed by atoms with Gasteiger partial charge in [0.25, 0.3) is 5.91 Å². The summed E-state index contributed by atoms with van der Waals surface area (Å²) in [6.45, 7) is 5.59. The van der Waals surface area contributed by atoms with E-state index in [0.717, 1.165) is 66.6 Å². The molecule has 0 spiro atoms. The van der Waals surface area contributed by atoms with Crippen molar-refractivity contribution >= 4 is 22.8 Å². The number of benzene rings is 1. The minimum absolute atomic E-state index is 0.151. The van der Waals surface area contributed by atoms with Crippen LogP contribution in [0, 0.1) is 13.8 Å². The second-order valence-corrected chi connectivity index (χ2v) is 8.23. The lowest BCUT2D eigenvalue weighted by molar-refractivity contribution is 0.102. The molecule has 0 bridgehead atoms. The SMILES string of the molecule is Cc1cc(C(=O)Nc2ccc(Cn3ccnc3C)cc2)c2nc3n(c2n1)CCCCC3. The standard InChI is InChI=1S/C24H26N6O/c1-16-14-20(22-23(26-16)30-12-5-3-4-6-21(30)28-22)24(31)27-19-9-7-18(8-10-19)15-29-13-11-25-17(29)2/h7-11,13-14H,3-6,12,15H2,1-2H3,(H,27,31). The quantitative estimate of drug-likeness (QED) is 0.541. The highest BCUT2D eigenvalue weighted by Gasteiger charge is 2.21. The fourth-order valence-corrected chi connectivity index (χ4v) is 4.25. The van der Waals surface area contributed by atoms with E-state index >= 15 is 0 Å². The molecule has 1 aliphatic rings. The van der Waals surface area contributed by atoms with Crippen LogP contribution in [-0.4, -0.2) is 30.0 Å². The predicted octanol–water partition coefficient (Wildman–Crippen LogP) is 4.27. The number of rotatable bonds is 4. The van der Waals surface area contributed by atoms with Crippen LogP contribution in [0.15, 0.2) is 42.7 Å². The molecule has 0 saturated heterocycles. The number of anilines is 1. The van der Waals surface area contributed by atoms with Gasteiger partial charge in [-0.05, 0) is 50.5 Å². The summed E-state index contributed by atoms with van der Waals surface area (Å²) in [5.74, 6) is 1.87. The fourth-order valence-electron chi connectivity index (χ4n) is 4.25. The van der Waals surface area contributed by atoms with E-state index in [2.05, 4.69) is 19.4 Å². The van der Waals surface area contributed by atoms with Gasteiger partial charge < -0.3 is 14.5 Å². The average molecular weight is 415 g/mol. The molecule has 4 aromatic rings. The van der Waals surface area contributed by atoms with Crippen molar-refractivity contribution in [2.75, 3.05) is 5.32 Å². The molecule has 5 rings (SSSR count). The van der Waals surface area contributed by atoms with Crippen molar-refractivity contribution in [1.29, 1.82) is 0 Å². The number of nitrogens with zero attached hydrogens (tertiary/aromatic N) is 5. The zero-order valence-corrected chi connectivity index (χ0v) is 17.9. The molecule has 0 radical (unpaired) electrons. The molecule has 7 nitrogen and oxygen atoms in total. The highest BCUT2D eigenvalue weighted by Crippen LogP contribution is 2.25. The van der Waals surface area contributed by atoms with Gasteiger partial charge in [-0.15, -0.1) is 0 Å². The average Bonchev–Trinajstić information content (AvgIpc) is 3.22. The molecule has 3 aromatic heterocycles. The van der Waals surface area contributed by atoms with Crippen LogP contribution in [-0.2, 0) is 19.5 Å².